The number of carbonyl (C=O) groups excluding carboxylic acids is 2. The second-order valence-electron chi connectivity index (χ2n) is 8.34. The minimum absolute atomic E-state index is 0. The molecule has 0 spiro atoms. The summed E-state index contributed by atoms with van der Waals surface area (Å²) in [6.45, 7) is 9.40. The van der Waals surface area contributed by atoms with Crippen LogP contribution in [0.2, 0.25) is 0 Å². The Morgan fingerprint density at radius 1 is 1.00 bits per heavy atom. The van der Waals surface area contributed by atoms with E-state index in [2.05, 4.69) is 22.0 Å². The van der Waals surface area contributed by atoms with Gasteiger partial charge in [0.15, 0.2) is 0 Å². The van der Waals surface area contributed by atoms with Crippen molar-refractivity contribution < 1.29 is 14.3 Å². The van der Waals surface area contributed by atoms with Crippen LogP contribution in [0.5, 0.6) is 0 Å². The number of nitrogens with zero attached hydrogens (tertiary/aromatic N) is 2. The first-order valence-electron chi connectivity index (χ1n) is 10.1. The first kappa shape index (κ1) is 28.9. The lowest BCUT2D eigenvalue weighted by Crippen LogP contribution is -2.74. The van der Waals surface area contributed by atoms with Crippen LogP contribution in [0.3, 0.4) is 0 Å². The van der Waals surface area contributed by atoms with Crippen LogP contribution in [0, 0.1) is 0 Å². The predicted octanol–water partition coefficient (Wildman–Crippen LogP) is 1.74. The molecule has 2 heterocycles. The van der Waals surface area contributed by atoms with Gasteiger partial charge in [0.2, 0.25) is 0 Å². The van der Waals surface area contributed by atoms with Crippen molar-refractivity contribution in [3.63, 3.8) is 0 Å². The Morgan fingerprint density at radius 2 is 1.55 bits per heavy atom. The van der Waals surface area contributed by atoms with Crippen molar-refractivity contribution in [1.29, 1.82) is 0 Å². The highest BCUT2D eigenvalue weighted by Gasteiger charge is 2.57. The average Bonchev–Trinajstić information content (AvgIpc) is 2.64. The molecule has 0 aromatic heterocycles. The highest BCUT2D eigenvalue weighted by Crippen LogP contribution is 2.41. The maximum atomic E-state index is 12.7. The summed E-state index contributed by atoms with van der Waals surface area (Å²) in [7, 11) is 0. The normalized spacial score (nSPS) is 31.6. The van der Waals surface area contributed by atoms with E-state index in [0.717, 1.165) is 58.5 Å². The Balaban J connectivity index is 0.00000261. The van der Waals surface area contributed by atoms with E-state index in [9.17, 15) is 9.59 Å². The Kier molecular flexibility index (Phi) is 12.0. The van der Waals surface area contributed by atoms with Crippen molar-refractivity contribution in [3.05, 3.63) is 0 Å². The maximum Gasteiger partial charge on any atom is 0.335 e. The van der Waals surface area contributed by atoms with Crippen LogP contribution in [0.25, 0.3) is 0 Å². The van der Waals surface area contributed by atoms with Crippen LogP contribution in [0.1, 0.15) is 52.4 Å². The molecule has 0 aromatic rings. The third kappa shape index (κ3) is 5.97. The zero-order chi connectivity index (χ0) is 18.8. The van der Waals surface area contributed by atoms with Crippen molar-refractivity contribution in [1.82, 2.24) is 15.1 Å². The van der Waals surface area contributed by atoms with Gasteiger partial charge >= 0.3 is 11.9 Å². The number of piperidine rings is 1. The molecule has 0 amide bonds. The summed E-state index contributed by atoms with van der Waals surface area (Å²) in [4.78, 5) is 29.0. The average molecular weight is 476 g/mol. The standard InChI is InChI=1S/C19H34N4O3.3ClH/c1-15(24)26-17(25)19(20)8-4-3-7-18(19,2)23-13-11-22(12-14-23)16-5-9-21-10-6-16;;;/h16,21H,3-14,20H2,1-2H3;3*1H. The van der Waals surface area contributed by atoms with Gasteiger partial charge in [-0.2, -0.15) is 0 Å². The van der Waals surface area contributed by atoms with Crippen LogP contribution in [0.4, 0.5) is 0 Å². The minimum atomic E-state index is -1.12. The molecule has 172 valence electrons. The molecule has 29 heavy (non-hydrogen) atoms. The molecule has 0 bridgehead atoms. The first-order chi connectivity index (χ1) is 12.4. The van der Waals surface area contributed by atoms with Gasteiger partial charge in [0.05, 0.1) is 0 Å². The molecular weight excluding hydrogens is 439 g/mol. The highest BCUT2D eigenvalue weighted by molar-refractivity contribution is 5.91. The molecule has 0 aromatic carbocycles. The number of carbonyl (C=O) groups is 2. The van der Waals surface area contributed by atoms with Gasteiger partial charge in [-0.1, -0.05) is 12.8 Å². The largest absolute Gasteiger partial charge is 0.392 e. The lowest BCUT2D eigenvalue weighted by Gasteiger charge is -2.56. The summed E-state index contributed by atoms with van der Waals surface area (Å²) in [6, 6.07) is 0.669. The fraction of sp³-hybridized carbons (Fsp3) is 0.895. The molecule has 2 saturated heterocycles. The Labute approximate surface area is 193 Å². The van der Waals surface area contributed by atoms with Crippen LogP contribution in [-0.2, 0) is 14.3 Å². The van der Waals surface area contributed by atoms with E-state index in [1.54, 1.807) is 0 Å². The minimum Gasteiger partial charge on any atom is -0.392 e. The number of ether oxygens (including phenoxy) is 1. The number of piperazine rings is 1. The smallest absolute Gasteiger partial charge is 0.335 e. The van der Waals surface area contributed by atoms with E-state index >= 15 is 0 Å². The number of esters is 2. The second-order valence-corrected chi connectivity index (χ2v) is 8.34. The van der Waals surface area contributed by atoms with Crippen molar-refractivity contribution in [3.8, 4) is 0 Å². The summed E-state index contributed by atoms with van der Waals surface area (Å²) in [5.41, 5.74) is 5.07. The topological polar surface area (TPSA) is 87.9 Å². The summed E-state index contributed by atoms with van der Waals surface area (Å²) in [5.74, 6) is -1.14. The second kappa shape index (κ2) is 12.0. The Hall–Kier alpha value is -0.150. The molecule has 0 radical (unpaired) electrons. The van der Waals surface area contributed by atoms with E-state index in [-0.39, 0.29) is 37.2 Å². The van der Waals surface area contributed by atoms with E-state index in [1.165, 1.54) is 19.8 Å². The van der Waals surface area contributed by atoms with Crippen molar-refractivity contribution in [2.24, 2.45) is 5.73 Å². The monoisotopic (exact) mass is 474 g/mol. The molecule has 2 atom stereocenters. The van der Waals surface area contributed by atoms with Crippen LogP contribution < -0.4 is 11.1 Å². The van der Waals surface area contributed by atoms with Gasteiger partial charge in [-0.25, -0.2) is 4.79 Å². The lowest BCUT2D eigenvalue weighted by atomic mass is 9.67. The Bertz CT molecular complexity index is 543. The van der Waals surface area contributed by atoms with E-state index in [1.807, 2.05) is 0 Å². The van der Waals surface area contributed by atoms with Gasteiger partial charge < -0.3 is 15.8 Å². The quantitative estimate of drug-likeness (QED) is 0.475. The van der Waals surface area contributed by atoms with E-state index in [4.69, 9.17) is 10.5 Å². The molecule has 3 rings (SSSR count). The molecule has 3 aliphatic rings. The predicted molar refractivity (Wildman–Crippen MR) is 121 cm³/mol. The number of nitrogens with two attached hydrogens (primary N) is 1. The molecule has 7 nitrogen and oxygen atoms in total. The molecule has 3 N–H and O–H groups in total. The number of nitrogens with one attached hydrogen (secondary N) is 1. The van der Waals surface area contributed by atoms with Crippen molar-refractivity contribution in [2.45, 2.75) is 69.5 Å². The zero-order valence-electron chi connectivity index (χ0n) is 17.5. The molecule has 2 unspecified atom stereocenters. The van der Waals surface area contributed by atoms with Gasteiger partial charge in [-0.3, -0.25) is 14.6 Å². The van der Waals surface area contributed by atoms with Crippen LogP contribution in [-0.4, -0.2) is 78.1 Å². The molecule has 1 aliphatic carbocycles. The fourth-order valence-electron chi connectivity index (χ4n) is 5.10. The lowest BCUT2D eigenvalue weighted by molar-refractivity contribution is -0.169. The summed E-state index contributed by atoms with van der Waals surface area (Å²) in [5, 5.41) is 3.43. The van der Waals surface area contributed by atoms with Gasteiger partial charge in [0.25, 0.3) is 0 Å². The number of hydrogen-bond donors (Lipinski definition) is 2. The molecular formula is C19H37Cl3N4O3. The van der Waals surface area contributed by atoms with E-state index < -0.39 is 23.0 Å². The Morgan fingerprint density at radius 3 is 2.10 bits per heavy atom. The number of rotatable bonds is 3. The van der Waals surface area contributed by atoms with Crippen LogP contribution >= 0.6 is 37.2 Å². The molecule has 10 heteroatoms. The maximum absolute atomic E-state index is 12.7. The van der Waals surface area contributed by atoms with Crippen LogP contribution in [0.15, 0.2) is 0 Å². The summed E-state index contributed by atoms with van der Waals surface area (Å²) < 4.78 is 4.95. The van der Waals surface area contributed by atoms with Gasteiger partial charge in [-0.05, 0) is 45.7 Å². The number of halogens is 3. The third-order valence-corrected chi connectivity index (χ3v) is 6.88. The third-order valence-electron chi connectivity index (χ3n) is 6.88. The molecule has 1 saturated carbocycles. The SMILES string of the molecule is CC(=O)OC(=O)C1(N)CCCCC1(C)N1CCN(C2CCNCC2)CC1.Cl.Cl.Cl. The summed E-state index contributed by atoms with van der Waals surface area (Å²) in [6.07, 6.45) is 5.81. The fourth-order valence-corrected chi connectivity index (χ4v) is 5.10. The van der Waals surface area contributed by atoms with Crippen molar-refractivity contribution in [2.75, 3.05) is 39.3 Å². The molecule has 3 fully saturated rings. The molecule has 2 aliphatic heterocycles. The van der Waals surface area contributed by atoms with Gasteiger partial charge in [0, 0.05) is 44.7 Å². The summed E-state index contributed by atoms with van der Waals surface area (Å²) >= 11 is 0. The zero-order valence-corrected chi connectivity index (χ0v) is 19.9. The highest BCUT2D eigenvalue weighted by atomic mass is 35.5. The van der Waals surface area contributed by atoms with E-state index in [0.29, 0.717) is 12.5 Å². The number of hydrogen-bond acceptors (Lipinski definition) is 7. The van der Waals surface area contributed by atoms with Gasteiger partial charge in [0.1, 0.15) is 5.54 Å². The van der Waals surface area contributed by atoms with Gasteiger partial charge in [-0.15, -0.1) is 37.2 Å². The first-order valence-corrected chi connectivity index (χ1v) is 10.1. The van der Waals surface area contributed by atoms with Crippen molar-refractivity contribution >= 4 is 49.2 Å².